The van der Waals surface area contributed by atoms with E-state index in [0.29, 0.717) is 17.0 Å². The number of hydrogen-bond donors (Lipinski definition) is 1. The fourth-order valence-corrected chi connectivity index (χ4v) is 1.86. The highest BCUT2D eigenvalue weighted by molar-refractivity contribution is 6.30. The van der Waals surface area contributed by atoms with E-state index in [-0.39, 0.29) is 11.9 Å². The molecule has 0 bridgehead atoms. The van der Waals surface area contributed by atoms with E-state index in [4.69, 9.17) is 21.8 Å². The van der Waals surface area contributed by atoms with Crippen LogP contribution in [0.25, 0.3) is 0 Å². The highest BCUT2D eigenvalue weighted by Gasteiger charge is 2.12. The lowest BCUT2D eigenvalue weighted by atomic mass is 10.0. The largest absolute Gasteiger partial charge is 0.469 e. The van der Waals surface area contributed by atoms with Crippen molar-refractivity contribution in [2.24, 2.45) is 5.73 Å². The molecule has 0 aliphatic carbocycles. The molecule has 1 unspecified atom stereocenters. The van der Waals surface area contributed by atoms with Crippen LogP contribution in [0.3, 0.4) is 0 Å². The lowest BCUT2D eigenvalue weighted by Crippen LogP contribution is -2.13. The quantitative estimate of drug-likeness (QED) is 0.907. The van der Waals surface area contributed by atoms with Gasteiger partial charge >= 0.3 is 0 Å². The summed E-state index contributed by atoms with van der Waals surface area (Å²) < 4.78 is 18.7. The molecule has 0 fully saturated rings. The molecular weight excluding hydrogens is 241 g/mol. The second kappa shape index (κ2) is 4.90. The Bertz CT molecular complexity index is 524. The number of hydrogen-bond acceptors (Lipinski definition) is 2. The van der Waals surface area contributed by atoms with Crippen LogP contribution in [-0.2, 0) is 6.42 Å². The lowest BCUT2D eigenvalue weighted by molar-refractivity contribution is 0.527. The highest BCUT2D eigenvalue weighted by atomic mass is 35.5. The second-order valence-corrected chi connectivity index (χ2v) is 4.47. The summed E-state index contributed by atoms with van der Waals surface area (Å²) in [5.74, 6) is 0.472. The fourth-order valence-electron chi connectivity index (χ4n) is 1.70. The molecule has 2 aromatic rings. The molecule has 17 heavy (non-hydrogen) atoms. The zero-order chi connectivity index (χ0) is 12.4. The summed E-state index contributed by atoms with van der Waals surface area (Å²) in [7, 11) is 0. The Hall–Kier alpha value is -1.32. The van der Waals surface area contributed by atoms with Crippen LogP contribution in [0.15, 0.2) is 34.9 Å². The molecule has 1 aromatic carbocycles. The number of aryl methyl sites for hydroxylation is 1. The maximum atomic E-state index is 13.6. The van der Waals surface area contributed by atoms with Gasteiger partial charge in [0.2, 0.25) is 0 Å². The van der Waals surface area contributed by atoms with Crippen molar-refractivity contribution in [2.45, 2.75) is 19.4 Å². The van der Waals surface area contributed by atoms with E-state index in [0.717, 1.165) is 11.3 Å². The molecule has 1 aromatic heterocycles. The number of nitrogens with two attached hydrogens (primary N) is 1. The van der Waals surface area contributed by atoms with Crippen molar-refractivity contribution < 1.29 is 8.81 Å². The molecule has 0 amide bonds. The van der Waals surface area contributed by atoms with Crippen molar-refractivity contribution in [2.75, 3.05) is 0 Å². The summed E-state index contributed by atoms with van der Waals surface area (Å²) in [6.07, 6.45) is 2.02. The Morgan fingerprint density at radius 3 is 2.76 bits per heavy atom. The predicted octanol–water partition coefficient (Wildman–Crippen LogP) is 3.62. The van der Waals surface area contributed by atoms with Gasteiger partial charge in [0.1, 0.15) is 11.6 Å². The number of halogens is 2. The van der Waals surface area contributed by atoms with E-state index in [2.05, 4.69) is 0 Å². The van der Waals surface area contributed by atoms with Gasteiger partial charge < -0.3 is 10.2 Å². The monoisotopic (exact) mass is 253 g/mol. The predicted molar refractivity (Wildman–Crippen MR) is 65.5 cm³/mol. The summed E-state index contributed by atoms with van der Waals surface area (Å²) >= 11 is 5.69. The molecule has 0 saturated carbocycles. The van der Waals surface area contributed by atoms with E-state index >= 15 is 0 Å². The average molecular weight is 254 g/mol. The summed E-state index contributed by atoms with van der Waals surface area (Å²) in [6, 6.07) is 6.20. The number of furan rings is 1. The summed E-state index contributed by atoms with van der Waals surface area (Å²) in [4.78, 5) is 0. The Labute approximate surface area is 104 Å². The molecule has 1 atom stereocenters. The van der Waals surface area contributed by atoms with E-state index in [1.54, 1.807) is 18.4 Å². The molecule has 90 valence electrons. The van der Waals surface area contributed by atoms with Crippen molar-refractivity contribution in [1.82, 2.24) is 0 Å². The van der Waals surface area contributed by atoms with Crippen molar-refractivity contribution in [3.8, 4) is 0 Å². The molecule has 2 nitrogen and oxygen atoms in total. The number of benzene rings is 1. The van der Waals surface area contributed by atoms with Gasteiger partial charge in [-0.15, -0.1) is 0 Å². The second-order valence-electron chi connectivity index (χ2n) is 4.04. The van der Waals surface area contributed by atoms with E-state index in [1.807, 2.05) is 13.0 Å². The van der Waals surface area contributed by atoms with Crippen LogP contribution in [0.2, 0.25) is 5.02 Å². The van der Waals surface area contributed by atoms with Crippen molar-refractivity contribution in [3.63, 3.8) is 0 Å². The lowest BCUT2D eigenvalue weighted by Gasteiger charge is -2.10. The highest BCUT2D eigenvalue weighted by Crippen LogP contribution is 2.21. The van der Waals surface area contributed by atoms with Gasteiger partial charge in [0.05, 0.1) is 6.26 Å². The third-order valence-corrected chi connectivity index (χ3v) is 2.87. The minimum Gasteiger partial charge on any atom is -0.469 e. The van der Waals surface area contributed by atoms with E-state index in [1.165, 1.54) is 6.07 Å². The maximum Gasteiger partial charge on any atom is 0.127 e. The van der Waals surface area contributed by atoms with Gasteiger partial charge in [-0.1, -0.05) is 17.7 Å². The van der Waals surface area contributed by atoms with E-state index < -0.39 is 0 Å². The maximum absolute atomic E-state index is 13.6. The first kappa shape index (κ1) is 12.1. The zero-order valence-electron chi connectivity index (χ0n) is 9.41. The average Bonchev–Trinajstić information content (AvgIpc) is 2.69. The Morgan fingerprint density at radius 1 is 1.41 bits per heavy atom. The normalized spacial score (nSPS) is 12.7. The molecule has 1 heterocycles. The van der Waals surface area contributed by atoms with Crippen LogP contribution in [0.5, 0.6) is 0 Å². The van der Waals surface area contributed by atoms with Crippen LogP contribution >= 0.6 is 11.6 Å². The third kappa shape index (κ3) is 2.87. The first-order chi connectivity index (χ1) is 8.06. The summed E-state index contributed by atoms with van der Waals surface area (Å²) in [6.45, 7) is 1.85. The smallest absolute Gasteiger partial charge is 0.127 e. The first-order valence-electron chi connectivity index (χ1n) is 5.31. The molecule has 0 aliphatic rings. The summed E-state index contributed by atoms with van der Waals surface area (Å²) in [5.41, 5.74) is 7.42. The van der Waals surface area contributed by atoms with Gasteiger partial charge in [-0.25, -0.2) is 4.39 Å². The zero-order valence-corrected chi connectivity index (χ0v) is 10.2. The van der Waals surface area contributed by atoms with Gasteiger partial charge in [-0.3, -0.25) is 0 Å². The SMILES string of the molecule is Cc1cc(C(N)Cc2ccc(Cl)cc2F)co1. The van der Waals surface area contributed by atoms with Gasteiger partial charge in [0.15, 0.2) is 0 Å². The Balaban J connectivity index is 2.15. The number of rotatable bonds is 3. The topological polar surface area (TPSA) is 39.2 Å². The molecule has 2 N–H and O–H groups in total. The van der Waals surface area contributed by atoms with Crippen LogP contribution in [-0.4, -0.2) is 0 Å². The third-order valence-electron chi connectivity index (χ3n) is 2.63. The van der Waals surface area contributed by atoms with Crippen LogP contribution in [0.4, 0.5) is 4.39 Å². The van der Waals surface area contributed by atoms with Gasteiger partial charge in [-0.2, -0.15) is 0 Å². The van der Waals surface area contributed by atoms with Gasteiger partial charge in [0.25, 0.3) is 0 Å². The summed E-state index contributed by atoms with van der Waals surface area (Å²) in [5, 5.41) is 0.388. The van der Waals surface area contributed by atoms with Crippen molar-refractivity contribution in [3.05, 3.63) is 58.3 Å². The molecule has 0 saturated heterocycles. The Kier molecular flexibility index (Phi) is 3.50. The minimum absolute atomic E-state index is 0.275. The standard InChI is InChI=1S/C13H13ClFNO/c1-8-4-10(7-17-8)13(16)5-9-2-3-11(14)6-12(9)15/h2-4,6-7,13H,5,16H2,1H3. The molecule has 0 spiro atoms. The fraction of sp³-hybridized carbons (Fsp3) is 0.231. The van der Waals surface area contributed by atoms with Crippen LogP contribution in [0.1, 0.15) is 22.9 Å². The Morgan fingerprint density at radius 2 is 2.18 bits per heavy atom. The van der Waals surface area contributed by atoms with Crippen LogP contribution in [0, 0.1) is 12.7 Å². The van der Waals surface area contributed by atoms with Gasteiger partial charge in [-0.05, 0) is 37.1 Å². The minimum atomic E-state index is -0.326. The van der Waals surface area contributed by atoms with E-state index in [9.17, 15) is 4.39 Å². The molecule has 2 rings (SSSR count). The van der Waals surface area contributed by atoms with Crippen LogP contribution < -0.4 is 5.73 Å². The van der Waals surface area contributed by atoms with Gasteiger partial charge in [0, 0.05) is 16.6 Å². The molecular formula is C13H13ClFNO. The molecule has 4 heteroatoms. The molecule has 0 aliphatic heterocycles. The van der Waals surface area contributed by atoms with Crippen molar-refractivity contribution in [1.29, 1.82) is 0 Å². The first-order valence-corrected chi connectivity index (χ1v) is 5.68. The molecule has 0 radical (unpaired) electrons. The van der Waals surface area contributed by atoms with Crippen molar-refractivity contribution >= 4 is 11.6 Å².